The van der Waals surface area contributed by atoms with Crippen LogP contribution in [-0.4, -0.2) is 36.4 Å². The van der Waals surface area contributed by atoms with Crippen molar-refractivity contribution in [2.45, 2.75) is 12.5 Å². The summed E-state index contributed by atoms with van der Waals surface area (Å²) in [6, 6.07) is 3.55. The van der Waals surface area contributed by atoms with Crippen molar-refractivity contribution >= 4 is 23.8 Å². The largest absolute Gasteiger partial charge is 0.478 e. The molecule has 3 N–H and O–H groups in total. The van der Waals surface area contributed by atoms with Crippen LogP contribution in [0.3, 0.4) is 0 Å². The molecular formula is C14H15FN2O4. The second-order valence-corrected chi connectivity index (χ2v) is 4.57. The van der Waals surface area contributed by atoms with Crippen LogP contribution >= 0.6 is 0 Å². The molecular weight excluding hydrogens is 279 g/mol. The summed E-state index contributed by atoms with van der Waals surface area (Å²) >= 11 is 0. The first kappa shape index (κ1) is 15.0. The lowest BCUT2D eigenvalue weighted by Gasteiger charge is -2.12. The van der Waals surface area contributed by atoms with Gasteiger partial charge in [-0.1, -0.05) is 0 Å². The van der Waals surface area contributed by atoms with E-state index in [1.165, 1.54) is 12.1 Å². The van der Waals surface area contributed by atoms with Crippen molar-refractivity contribution in [1.29, 1.82) is 0 Å². The molecule has 21 heavy (non-hydrogen) atoms. The number of benzene rings is 1. The summed E-state index contributed by atoms with van der Waals surface area (Å²) in [5, 5.41) is 13.7. The Bertz CT molecular complexity index is 568. The molecule has 1 unspecified atom stereocenters. The summed E-state index contributed by atoms with van der Waals surface area (Å²) in [6.45, 7) is 1.09. The van der Waals surface area contributed by atoms with E-state index in [-0.39, 0.29) is 17.3 Å². The molecule has 6 nitrogen and oxygen atoms in total. The van der Waals surface area contributed by atoms with Crippen LogP contribution in [0.25, 0.3) is 6.08 Å². The standard InChI is InChI=1S/C14H15FN2O4/c15-12-7-10(3-1-9(12)2-4-13(18)19)16-14(20)17-11-5-6-21-8-11/h1-4,7,11H,5-6,8H2,(H,18,19)(H2,16,17,20)/b4-2+. The molecule has 0 spiro atoms. The Morgan fingerprint density at radius 3 is 2.86 bits per heavy atom. The zero-order valence-electron chi connectivity index (χ0n) is 11.1. The van der Waals surface area contributed by atoms with E-state index >= 15 is 0 Å². The minimum atomic E-state index is -1.16. The van der Waals surface area contributed by atoms with Crippen molar-refractivity contribution in [2.75, 3.05) is 18.5 Å². The highest BCUT2D eigenvalue weighted by Crippen LogP contribution is 2.16. The normalized spacial score (nSPS) is 17.9. The monoisotopic (exact) mass is 294 g/mol. The van der Waals surface area contributed by atoms with Crippen molar-refractivity contribution in [3.05, 3.63) is 35.7 Å². The fourth-order valence-corrected chi connectivity index (χ4v) is 1.90. The van der Waals surface area contributed by atoms with E-state index in [0.717, 1.165) is 24.6 Å². The Labute approximate surface area is 120 Å². The maximum absolute atomic E-state index is 13.7. The molecule has 2 amide bonds. The summed E-state index contributed by atoms with van der Waals surface area (Å²) in [4.78, 5) is 22.1. The first-order valence-corrected chi connectivity index (χ1v) is 6.40. The third-order valence-electron chi connectivity index (χ3n) is 2.93. The number of carbonyl (C=O) groups excluding carboxylic acids is 1. The van der Waals surface area contributed by atoms with Crippen LogP contribution in [0.5, 0.6) is 0 Å². The number of hydrogen-bond donors (Lipinski definition) is 3. The van der Waals surface area contributed by atoms with E-state index in [0.29, 0.717) is 13.2 Å². The number of carboxylic acids is 1. The smallest absolute Gasteiger partial charge is 0.328 e. The maximum atomic E-state index is 13.7. The number of carboxylic acid groups (broad SMARTS) is 1. The number of hydrogen-bond acceptors (Lipinski definition) is 3. The van der Waals surface area contributed by atoms with Gasteiger partial charge < -0.3 is 20.5 Å². The van der Waals surface area contributed by atoms with Crippen LogP contribution in [-0.2, 0) is 9.53 Å². The molecule has 1 heterocycles. The van der Waals surface area contributed by atoms with Gasteiger partial charge in [-0.2, -0.15) is 0 Å². The van der Waals surface area contributed by atoms with E-state index in [9.17, 15) is 14.0 Å². The number of anilines is 1. The highest BCUT2D eigenvalue weighted by molar-refractivity contribution is 5.90. The summed E-state index contributed by atoms with van der Waals surface area (Å²) in [6.07, 6.45) is 2.75. The zero-order chi connectivity index (χ0) is 15.2. The average molecular weight is 294 g/mol. The van der Waals surface area contributed by atoms with E-state index in [1.54, 1.807) is 0 Å². The summed E-state index contributed by atoms with van der Waals surface area (Å²) in [7, 11) is 0. The molecule has 0 radical (unpaired) electrons. The fourth-order valence-electron chi connectivity index (χ4n) is 1.90. The van der Waals surface area contributed by atoms with E-state index in [4.69, 9.17) is 9.84 Å². The average Bonchev–Trinajstić information content (AvgIpc) is 2.90. The van der Waals surface area contributed by atoms with Gasteiger partial charge in [0.05, 0.1) is 12.6 Å². The van der Waals surface area contributed by atoms with Gasteiger partial charge in [-0.05, 0) is 30.7 Å². The molecule has 1 aromatic rings. The van der Waals surface area contributed by atoms with Gasteiger partial charge in [0.15, 0.2) is 0 Å². The number of aliphatic carboxylic acids is 1. The molecule has 7 heteroatoms. The Kier molecular flexibility index (Phi) is 4.89. The van der Waals surface area contributed by atoms with Crippen LogP contribution in [0.15, 0.2) is 24.3 Å². The number of halogens is 1. The predicted octanol–water partition coefficient (Wildman–Crippen LogP) is 1.83. The Balaban J connectivity index is 1.96. The molecule has 0 saturated carbocycles. The van der Waals surface area contributed by atoms with Crippen LogP contribution in [0, 0.1) is 5.82 Å². The molecule has 1 saturated heterocycles. The highest BCUT2D eigenvalue weighted by Gasteiger charge is 2.17. The van der Waals surface area contributed by atoms with Crippen LogP contribution in [0.2, 0.25) is 0 Å². The quantitative estimate of drug-likeness (QED) is 0.739. The van der Waals surface area contributed by atoms with E-state index < -0.39 is 17.8 Å². The molecule has 2 rings (SSSR count). The van der Waals surface area contributed by atoms with Crippen molar-refractivity contribution < 1.29 is 23.8 Å². The lowest BCUT2D eigenvalue weighted by molar-refractivity contribution is -0.131. The lowest BCUT2D eigenvalue weighted by Crippen LogP contribution is -2.38. The van der Waals surface area contributed by atoms with Crippen LogP contribution in [0.1, 0.15) is 12.0 Å². The van der Waals surface area contributed by atoms with Crippen molar-refractivity contribution in [3.8, 4) is 0 Å². The van der Waals surface area contributed by atoms with E-state index in [2.05, 4.69) is 10.6 Å². The first-order chi connectivity index (χ1) is 10.0. The number of nitrogens with one attached hydrogen (secondary N) is 2. The van der Waals surface area contributed by atoms with Gasteiger partial charge >= 0.3 is 12.0 Å². The summed E-state index contributed by atoms with van der Waals surface area (Å²) in [5.74, 6) is -1.77. The molecule has 0 aliphatic carbocycles. The summed E-state index contributed by atoms with van der Waals surface area (Å²) < 4.78 is 18.9. The van der Waals surface area contributed by atoms with Crippen LogP contribution < -0.4 is 10.6 Å². The van der Waals surface area contributed by atoms with Gasteiger partial charge in [-0.3, -0.25) is 0 Å². The third-order valence-corrected chi connectivity index (χ3v) is 2.93. The number of urea groups is 1. The third kappa shape index (κ3) is 4.57. The first-order valence-electron chi connectivity index (χ1n) is 6.40. The molecule has 1 aliphatic rings. The lowest BCUT2D eigenvalue weighted by atomic mass is 10.2. The molecule has 0 bridgehead atoms. The SMILES string of the molecule is O=C(O)/C=C/c1ccc(NC(=O)NC2CCOC2)cc1F. The number of carbonyl (C=O) groups is 2. The summed E-state index contributed by atoms with van der Waals surface area (Å²) in [5.41, 5.74) is 0.420. The van der Waals surface area contributed by atoms with Gasteiger partial charge in [0, 0.05) is 23.9 Å². The number of ether oxygens (including phenoxy) is 1. The van der Waals surface area contributed by atoms with E-state index in [1.807, 2.05) is 0 Å². The van der Waals surface area contributed by atoms with Gasteiger partial charge in [0.25, 0.3) is 0 Å². The van der Waals surface area contributed by atoms with Crippen molar-refractivity contribution in [3.63, 3.8) is 0 Å². The van der Waals surface area contributed by atoms with Crippen molar-refractivity contribution in [2.24, 2.45) is 0 Å². The Morgan fingerprint density at radius 2 is 2.24 bits per heavy atom. The topological polar surface area (TPSA) is 87.7 Å². The highest BCUT2D eigenvalue weighted by atomic mass is 19.1. The van der Waals surface area contributed by atoms with Crippen molar-refractivity contribution in [1.82, 2.24) is 5.32 Å². The molecule has 1 aromatic carbocycles. The molecule has 1 aliphatic heterocycles. The molecule has 112 valence electrons. The van der Waals surface area contributed by atoms with Gasteiger partial charge in [-0.15, -0.1) is 0 Å². The van der Waals surface area contributed by atoms with Gasteiger partial charge in [0.2, 0.25) is 0 Å². The fraction of sp³-hybridized carbons (Fsp3) is 0.286. The predicted molar refractivity (Wildman–Crippen MR) is 74.4 cm³/mol. The molecule has 0 aromatic heterocycles. The second kappa shape index (κ2) is 6.85. The minimum Gasteiger partial charge on any atom is -0.478 e. The number of amides is 2. The Morgan fingerprint density at radius 1 is 1.43 bits per heavy atom. The van der Waals surface area contributed by atoms with Gasteiger partial charge in [0.1, 0.15) is 5.82 Å². The second-order valence-electron chi connectivity index (χ2n) is 4.57. The maximum Gasteiger partial charge on any atom is 0.328 e. The molecule has 1 atom stereocenters. The van der Waals surface area contributed by atoms with Gasteiger partial charge in [-0.25, -0.2) is 14.0 Å². The molecule has 1 fully saturated rings. The zero-order valence-corrected chi connectivity index (χ0v) is 11.1. The van der Waals surface area contributed by atoms with Crippen LogP contribution in [0.4, 0.5) is 14.9 Å². The number of rotatable bonds is 4. The Hall–Kier alpha value is -2.41. The minimum absolute atomic E-state index is 0.0346.